The van der Waals surface area contributed by atoms with Crippen LogP contribution in [-0.2, 0) is 6.42 Å². The third-order valence-electron chi connectivity index (χ3n) is 4.32. The molecule has 0 bridgehead atoms. The van der Waals surface area contributed by atoms with Crippen molar-refractivity contribution in [3.8, 4) is 0 Å². The molecule has 1 atom stereocenters. The van der Waals surface area contributed by atoms with Crippen LogP contribution in [0.25, 0.3) is 10.8 Å². The van der Waals surface area contributed by atoms with Gasteiger partial charge in [-0.15, -0.1) is 0 Å². The van der Waals surface area contributed by atoms with Gasteiger partial charge in [0.05, 0.1) is 0 Å². The lowest BCUT2D eigenvalue weighted by Crippen LogP contribution is -2.14. The minimum Gasteiger partial charge on any atom is -0.364 e. The molecule has 0 aliphatic heterocycles. The highest BCUT2D eigenvalue weighted by molar-refractivity contribution is 6.31. The Morgan fingerprint density at radius 3 is 2.62 bits per heavy atom. The smallest absolute Gasteiger partial charge is 0.267 e. The number of carbonyl (C=O) groups is 1. The van der Waals surface area contributed by atoms with Crippen molar-refractivity contribution in [1.29, 1.82) is 0 Å². The number of aromatic nitrogens is 1. The van der Waals surface area contributed by atoms with Gasteiger partial charge in [-0.05, 0) is 41.8 Å². The molecular weight excluding hydrogens is 320 g/mol. The molecule has 0 radical (unpaired) electrons. The predicted octanol–water partition coefficient (Wildman–Crippen LogP) is 4.72. The zero-order valence-corrected chi connectivity index (χ0v) is 14.3. The number of halogens is 1. The molecule has 0 fully saturated rings. The summed E-state index contributed by atoms with van der Waals surface area (Å²) in [6.45, 7) is 2.15. The van der Waals surface area contributed by atoms with Crippen LogP contribution in [0.4, 0.5) is 0 Å². The Labute approximate surface area is 146 Å². The van der Waals surface area contributed by atoms with Gasteiger partial charge in [0.25, 0.3) is 5.91 Å². The first-order chi connectivity index (χ1) is 11.6. The van der Waals surface area contributed by atoms with Crippen molar-refractivity contribution < 1.29 is 4.79 Å². The van der Waals surface area contributed by atoms with Crippen LogP contribution < -0.4 is 5.73 Å². The first-order valence-corrected chi connectivity index (χ1v) is 8.37. The minimum atomic E-state index is -0.499. The molecule has 2 aromatic carbocycles. The fourth-order valence-corrected chi connectivity index (χ4v) is 3.29. The molecule has 1 heterocycles. The van der Waals surface area contributed by atoms with E-state index in [0.717, 1.165) is 39.9 Å². The Hall–Kier alpha value is -2.39. The zero-order valence-electron chi connectivity index (χ0n) is 13.5. The van der Waals surface area contributed by atoms with Crippen molar-refractivity contribution >= 4 is 28.3 Å². The quantitative estimate of drug-likeness (QED) is 0.731. The number of nitrogens with two attached hydrogens (primary N) is 1. The molecule has 0 spiro atoms. The molecule has 2 N–H and O–H groups in total. The molecule has 0 saturated heterocycles. The van der Waals surface area contributed by atoms with Crippen molar-refractivity contribution in [3.05, 3.63) is 76.6 Å². The van der Waals surface area contributed by atoms with Gasteiger partial charge in [-0.2, -0.15) is 0 Å². The average Bonchev–Trinajstić information content (AvgIpc) is 2.59. The van der Waals surface area contributed by atoms with Gasteiger partial charge in [-0.1, -0.05) is 61.0 Å². The summed E-state index contributed by atoms with van der Waals surface area (Å²) in [4.78, 5) is 16.0. The number of amides is 1. The van der Waals surface area contributed by atoms with Gasteiger partial charge < -0.3 is 5.73 Å². The van der Waals surface area contributed by atoms with Crippen LogP contribution in [0.15, 0.2) is 54.6 Å². The summed E-state index contributed by atoms with van der Waals surface area (Å²) in [6, 6.07) is 17.6. The van der Waals surface area contributed by atoms with E-state index in [1.165, 1.54) is 0 Å². The van der Waals surface area contributed by atoms with Gasteiger partial charge in [-0.3, -0.25) is 4.79 Å². The van der Waals surface area contributed by atoms with E-state index in [4.69, 9.17) is 17.3 Å². The number of aryl methyl sites for hydroxylation is 1. The van der Waals surface area contributed by atoms with Crippen LogP contribution >= 0.6 is 11.6 Å². The summed E-state index contributed by atoms with van der Waals surface area (Å²) in [5.41, 5.74) is 7.77. The van der Waals surface area contributed by atoms with Gasteiger partial charge in [-0.25, -0.2) is 4.98 Å². The van der Waals surface area contributed by atoms with Gasteiger partial charge in [0, 0.05) is 16.1 Å². The van der Waals surface area contributed by atoms with Crippen LogP contribution in [0.5, 0.6) is 0 Å². The molecular formula is C20H19ClN2O. The number of hydrogen-bond donors (Lipinski definition) is 1. The molecule has 1 amide bonds. The fourth-order valence-electron chi connectivity index (χ4n) is 2.97. The van der Waals surface area contributed by atoms with E-state index in [9.17, 15) is 4.79 Å². The number of pyridine rings is 1. The molecule has 4 heteroatoms. The molecule has 0 aliphatic carbocycles. The normalized spacial score (nSPS) is 12.2. The lowest BCUT2D eigenvalue weighted by Gasteiger charge is -2.14. The van der Waals surface area contributed by atoms with E-state index < -0.39 is 5.91 Å². The van der Waals surface area contributed by atoms with Gasteiger partial charge in [0.1, 0.15) is 5.69 Å². The number of hydrogen-bond acceptors (Lipinski definition) is 2. The van der Waals surface area contributed by atoms with Crippen LogP contribution in [0.2, 0.25) is 5.02 Å². The third kappa shape index (κ3) is 3.41. The summed E-state index contributed by atoms with van der Waals surface area (Å²) in [5.74, 6) is -0.197. The van der Waals surface area contributed by atoms with Crippen molar-refractivity contribution in [2.24, 2.45) is 5.73 Å². The second kappa shape index (κ2) is 7.02. The lowest BCUT2D eigenvalue weighted by molar-refractivity contribution is 0.0995. The Morgan fingerprint density at radius 2 is 1.88 bits per heavy atom. The van der Waals surface area contributed by atoms with Gasteiger partial charge in [0.15, 0.2) is 0 Å². The summed E-state index contributed by atoms with van der Waals surface area (Å²) in [7, 11) is 0. The van der Waals surface area contributed by atoms with Gasteiger partial charge in [0.2, 0.25) is 0 Å². The molecule has 1 aromatic heterocycles. The number of primary amides is 1. The second-order valence-electron chi connectivity index (χ2n) is 6.00. The SMILES string of the molecule is CC(CCc1nc(C(N)=O)cc2ccccc12)c1ccccc1Cl. The lowest BCUT2D eigenvalue weighted by atomic mass is 9.94. The highest BCUT2D eigenvalue weighted by Crippen LogP contribution is 2.28. The monoisotopic (exact) mass is 338 g/mol. The van der Waals surface area contributed by atoms with Crippen LogP contribution in [-0.4, -0.2) is 10.9 Å². The maximum absolute atomic E-state index is 11.5. The topological polar surface area (TPSA) is 56.0 Å². The summed E-state index contributed by atoms with van der Waals surface area (Å²) in [6.07, 6.45) is 1.65. The largest absolute Gasteiger partial charge is 0.364 e. The Bertz CT molecular complexity index is 892. The molecule has 1 unspecified atom stereocenters. The summed E-state index contributed by atoms with van der Waals surface area (Å²) < 4.78 is 0. The highest BCUT2D eigenvalue weighted by atomic mass is 35.5. The Kier molecular flexibility index (Phi) is 4.81. The molecule has 0 aliphatic rings. The van der Waals surface area contributed by atoms with E-state index >= 15 is 0 Å². The minimum absolute atomic E-state index is 0.302. The van der Waals surface area contributed by atoms with E-state index in [-0.39, 0.29) is 0 Å². The number of carbonyl (C=O) groups excluding carboxylic acids is 1. The molecule has 3 aromatic rings. The Balaban J connectivity index is 1.89. The van der Waals surface area contributed by atoms with E-state index in [1.54, 1.807) is 6.07 Å². The standard InChI is InChI=1S/C20H19ClN2O/c1-13(15-7-4-5-9-17(15)21)10-11-18-16-8-3-2-6-14(16)12-19(23-18)20(22)24/h2-9,12-13H,10-11H2,1H3,(H2,22,24). The fraction of sp³-hybridized carbons (Fsp3) is 0.200. The number of nitrogens with zero attached hydrogens (tertiary/aromatic N) is 1. The number of benzene rings is 2. The van der Waals surface area contributed by atoms with Crippen molar-refractivity contribution in [2.75, 3.05) is 0 Å². The number of rotatable bonds is 5. The average molecular weight is 339 g/mol. The van der Waals surface area contributed by atoms with E-state index in [2.05, 4.69) is 18.0 Å². The van der Waals surface area contributed by atoms with Crippen molar-refractivity contribution in [3.63, 3.8) is 0 Å². The van der Waals surface area contributed by atoms with Crippen LogP contribution in [0, 0.1) is 0 Å². The second-order valence-corrected chi connectivity index (χ2v) is 6.41. The zero-order chi connectivity index (χ0) is 17.1. The first kappa shape index (κ1) is 16.5. The van der Waals surface area contributed by atoms with E-state index in [1.807, 2.05) is 42.5 Å². The van der Waals surface area contributed by atoms with E-state index in [0.29, 0.717) is 11.6 Å². The molecule has 122 valence electrons. The first-order valence-electron chi connectivity index (χ1n) is 7.99. The Morgan fingerprint density at radius 1 is 1.17 bits per heavy atom. The number of fused-ring (bicyclic) bond motifs is 1. The molecule has 24 heavy (non-hydrogen) atoms. The maximum Gasteiger partial charge on any atom is 0.267 e. The predicted molar refractivity (Wildman–Crippen MR) is 98.4 cm³/mol. The van der Waals surface area contributed by atoms with Crippen molar-refractivity contribution in [2.45, 2.75) is 25.7 Å². The highest BCUT2D eigenvalue weighted by Gasteiger charge is 2.13. The maximum atomic E-state index is 11.5. The van der Waals surface area contributed by atoms with Crippen LogP contribution in [0.1, 0.15) is 41.0 Å². The third-order valence-corrected chi connectivity index (χ3v) is 4.67. The van der Waals surface area contributed by atoms with Crippen molar-refractivity contribution in [1.82, 2.24) is 4.98 Å². The molecule has 0 saturated carbocycles. The molecule has 3 rings (SSSR count). The molecule has 3 nitrogen and oxygen atoms in total. The summed E-state index contributed by atoms with van der Waals surface area (Å²) in [5, 5.41) is 2.84. The van der Waals surface area contributed by atoms with Gasteiger partial charge >= 0.3 is 0 Å². The summed E-state index contributed by atoms with van der Waals surface area (Å²) >= 11 is 6.29. The van der Waals surface area contributed by atoms with Crippen LogP contribution in [0.3, 0.4) is 0 Å².